The molecule has 0 N–H and O–H groups in total. The molecule has 0 aromatic rings. The monoisotopic (exact) mass is 136 g/mol. The standard InChI is InChI=1S/C10H16/c1-3-9-7-5-6-8-10(9)4-2/h3,5,7,10H,4,6,8H2,1-2H3/b9-3-. The van der Waals surface area contributed by atoms with Gasteiger partial charge in [-0.15, -0.1) is 0 Å². The van der Waals surface area contributed by atoms with Gasteiger partial charge in [-0.1, -0.05) is 25.2 Å². The third-order valence-electron chi connectivity index (χ3n) is 2.29. The smallest absolute Gasteiger partial charge is 0.0165 e. The van der Waals surface area contributed by atoms with Gasteiger partial charge in [0.2, 0.25) is 0 Å². The molecule has 1 aliphatic carbocycles. The first-order chi connectivity index (χ1) is 4.88. The molecular formula is C10H16. The first-order valence-electron chi connectivity index (χ1n) is 4.21. The summed E-state index contributed by atoms with van der Waals surface area (Å²) in [5.74, 6) is 0.843. The van der Waals surface area contributed by atoms with Crippen LogP contribution in [0.1, 0.15) is 33.1 Å². The van der Waals surface area contributed by atoms with Crippen molar-refractivity contribution in [2.75, 3.05) is 0 Å². The fraction of sp³-hybridized carbons (Fsp3) is 0.600. The van der Waals surface area contributed by atoms with Gasteiger partial charge in [-0.25, -0.2) is 0 Å². The van der Waals surface area contributed by atoms with Crippen LogP contribution in [-0.2, 0) is 0 Å². The average molecular weight is 136 g/mol. The van der Waals surface area contributed by atoms with E-state index < -0.39 is 0 Å². The van der Waals surface area contributed by atoms with Gasteiger partial charge in [-0.05, 0) is 37.7 Å². The van der Waals surface area contributed by atoms with Crippen LogP contribution in [0.3, 0.4) is 0 Å². The minimum Gasteiger partial charge on any atom is -0.0842 e. The van der Waals surface area contributed by atoms with Crippen LogP contribution in [0.2, 0.25) is 0 Å². The van der Waals surface area contributed by atoms with Crippen molar-refractivity contribution >= 4 is 0 Å². The van der Waals surface area contributed by atoms with Gasteiger partial charge in [-0.3, -0.25) is 0 Å². The summed E-state index contributed by atoms with van der Waals surface area (Å²) in [6.45, 7) is 4.40. The van der Waals surface area contributed by atoms with E-state index >= 15 is 0 Å². The lowest BCUT2D eigenvalue weighted by Crippen LogP contribution is -2.03. The summed E-state index contributed by atoms with van der Waals surface area (Å²) in [5.41, 5.74) is 1.54. The van der Waals surface area contributed by atoms with E-state index in [0.717, 1.165) is 5.92 Å². The molecule has 1 aliphatic rings. The highest BCUT2D eigenvalue weighted by Gasteiger charge is 2.10. The van der Waals surface area contributed by atoms with E-state index in [9.17, 15) is 0 Å². The van der Waals surface area contributed by atoms with Crippen molar-refractivity contribution in [2.45, 2.75) is 33.1 Å². The largest absolute Gasteiger partial charge is 0.0842 e. The molecule has 0 saturated heterocycles. The Morgan fingerprint density at radius 1 is 1.70 bits per heavy atom. The lowest BCUT2D eigenvalue weighted by atomic mass is 9.87. The number of hydrogen-bond acceptors (Lipinski definition) is 0. The molecule has 56 valence electrons. The normalized spacial score (nSPS) is 29.4. The van der Waals surface area contributed by atoms with E-state index in [1.54, 1.807) is 0 Å². The van der Waals surface area contributed by atoms with Crippen molar-refractivity contribution in [1.29, 1.82) is 0 Å². The topological polar surface area (TPSA) is 0 Å². The molecular weight excluding hydrogens is 120 g/mol. The van der Waals surface area contributed by atoms with Crippen LogP contribution >= 0.6 is 0 Å². The zero-order valence-electron chi connectivity index (χ0n) is 6.93. The molecule has 0 heteroatoms. The Labute approximate surface area is 63.6 Å². The zero-order valence-corrected chi connectivity index (χ0v) is 6.93. The molecule has 0 nitrogen and oxygen atoms in total. The Balaban J connectivity index is 2.66. The van der Waals surface area contributed by atoms with Gasteiger partial charge in [0.15, 0.2) is 0 Å². The molecule has 0 spiro atoms. The van der Waals surface area contributed by atoms with Crippen LogP contribution in [-0.4, -0.2) is 0 Å². The molecule has 1 atom stereocenters. The molecule has 0 fully saturated rings. The molecule has 0 bridgehead atoms. The molecule has 0 aliphatic heterocycles. The maximum Gasteiger partial charge on any atom is -0.0165 e. The van der Waals surface area contributed by atoms with E-state index in [-0.39, 0.29) is 0 Å². The van der Waals surface area contributed by atoms with Crippen molar-refractivity contribution in [3.63, 3.8) is 0 Å². The van der Waals surface area contributed by atoms with Gasteiger partial charge in [-0.2, -0.15) is 0 Å². The van der Waals surface area contributed by atoms with E-state index in [4.69, 9.17) is 0 Å². The Morgan fingerprint density at radius 3 is 3.00 bits per heavy atom. The van der Waals surface area contributed by atoms with E-state index in [1.807, 2.05) is 0 Å². The summed E-state index contributed by atoms with van der Waals surface area (Å²) in [6.07, 6.45) is 10.7. The summed E-state index contributed by atoms with van der Waals surface area (Å²) in [4.78, 5) is 0. The second-order valence-electron chi connectivity index (χ2n) is 2.87. The van der Waals surface area contributed by atoms with Gasteiger partial charge in [0, 0.05) is 0 Å². The van der Waals surface area contributed by atoms with Crippen molar-refractivity contribution in [3.8, 4) is 0 Å². The highest BCUT2D eigenvalue weighted by atomic mass is 14.2. The number of allylic oxidation sites excluding steroid dienone is 4. The Kier molecular flexibility index (Phi) is 2.73. The predicted octanol–water partition coefficient (Wildman–Crippen LogP) is 3.31. The Morgan fingerprint density at radius 2 is 2.50 bits per heavy atom. The Bertz CT molecular complexity index is 151. The summed E-state index contributed by atoms with van der Waals surface area (Å²) in [6, 6.07) is 0. The predicted molar refractivity (Wildman–Crippen MR) is 45.9 cm³/mol. The van der Waals surface area contributed by atoms with Gasteiger partial charge >= 0.3 is 0 Å². The number of rotatable bonds is 1. The summed E-state index contributed by atoms with van der Waals surface area (Å²) >= 11 is 0. The van der Waals surface area contributed by atoms with Crippen LogP contribution in [0, 0.1) is 5.92 Å². The minimum atomic E-state index is 0.843. The maximum absolute atomic E-state index is 2.28. The van der Waals surface area contributed by atoms with Crippen molar-refractivity contribution in [1.82, 2.24) is 0 Å². The first kappa shape index (κ1) is 7.59. The molecule has 0 amide bonds. The molecule has 10 heavy (non-hydrogen) atoms. The van der Waals surface area contributed by atoms with Crippen LogP contribution in [0.25, 0.3) is 0 Å². The SMILES string of the molecule is C/C=C1/C=CCCC1CC. The maximum atomic E-state index is 2.28. The molecule has 1 unspecified atom stereocenters. The van der Waals surface area contributed by atoms with Gasteiger partial charge in [0.1, 0.15) is 0 Å². The lowest BCUT2D eigenvalue weighted by molar-refractivity contribution is 0.545. The van der Waals surface area contributed by atoms with Crippen LogP contribution in [0.5, 0.6) is 0 Å². The third-order valence-corrected chi connectivity index (χ3v) is 2.29. The van der Waals surface area contributed by atoms with E-state index in [2.05, 4.69) is 32.1 Å². The fourth-order valence-electron chi connectivity index (χ4n) is 1.59. The molecule has 0 saturated carbocycles. The van der Waals surface area contributed by atoms with Gasteiger partial charge < -0.3 is 0 Å². The molecule has 0 radical (unpaired) electrons. The molecule has 1 rings (SSSR count). The van der Waals surface area contributed by atoms with E-state index in [0.29, 0.717) is 0 Å². The summed E-state index contributed by atoms with van der Waals surface area (Å²) in [5, 5.41) is 0. The van der Waals surface area contributed by atoms with Gasteiger partial charge in [0.25, 0.3) is 0 Å². The second-order valence-corrected chi connectivity index (χ2v) is 2.87. The quantitative estimate of drug-likeness (QED) is 0.518. The summed E-state index contributed by atoms with van der Waals surface area (Å²) in [7, 11) is 0. The Hall–Kier alpha value is -0.520. The van der Waals surface area contributed by atoms with Crippen molar-refractivity contribution in [2.24, 2.45) is 5.92 Å². The molecule has 0 heterocycles. The highest BCUT2D eigenvalue weighted by molar-refractivity contribution is 5.23. The zero-order chi connectivity index (χ0) is 7.40. The highest BCUT2D eigenvalue weighted by Crippen LogP contribution is 2.26. The molecule has 0 aromatic heterocycles. The minimum absolute atomic E-state index is 0.843. The number of hydrogen-bond donors (Lipinski definition) is 0. The first-order valence-corrected chi connectivity index (χ1v) is 4.21. The van der Waals surface area contributed by atoms with Gasteiger partial charge in [0.05, 0.1) is 0 Å². The van der Waals surface area contributed by atoms with Crippen LogP contribution in [0.15, 0.2) is 23.8 Å². The fourth-order valence-corrected chi connectivity index (χ4v) is 1.59. The molecule has 0 aromatic carbocycles. The van der Waals surface area contributed by atoms with Crippen LogP contribution < -0.4 is 0 Å². The lowest BCUT2D eigenvalue weighted by Gasteiger charge is -2.18. The summed E-state index contributed by atoms with van der Waals surface area (Å²) < 4.78 is 0. The van der Waals surface area contributed by atoms with Crippen molar-refractivity contribution in [3.05, 3.63) is 23.8 Å². The van der Waals surface area contributed by atoms with Crippen LogP contribution in [0.4, 0.5) is 0 Å². The second kappa shape index (κ2) is 3.60. The van der Waals surface area contributed by atoms with E-state index in [1.165, 1.54) is 24.8 Å². The van der Waals surface area contributed by atoms with Crippen molar-refractivity contribution < 1.29 is 0 Å². The third kappa shape index (κ3) is 1.50. The average Bonchev–Trinajstić information content (AvgIpc) is 2.04.